The van der Waals surface area contributed by atoms with Crippen LogP contribution < -0.4 is 29.7 Å². The topological polar surface area (TPSA) is 81.9 Å². The van der Waals surface area contributed by atoms with Gasteiger partial charge in [-0.15, -0.1) is 0 Å². The Kier molecular flexibility index (Phi) is 9.28. The first-order chi connectivity index (χ1) is 22.3. The number of thiazole rings is 1. The molecule has 7 nitrogen and oxygen atoms in total. The lowest BCUT2D eigenvalue weighted by molar-refractivity contribution is -0.113. The van der Waals surface area contributed by atoms with Crippen LogP contribution in [0.15, 0.2) is 123 Å². The Morgan fingerprint density at radius 2 is 1.76 bits per heavy atom. The smallest absolute Gasteiger partial charge is 0.271 e. The van der Waals surface area contributed by atoms with Gasteiger partial charge in [0.25, 0.3) is 11.5 Å². The number of benzene rings is 4. The molecule has 4 aromatic carbocycles. The molecule has 5 aromatic rings. The molecule has 0 fully saturated rings. The van der Waals surface area contributed by atoms with Crippen LogP contribution in [0.4, 0.5) is 10.1 Å². The second kappa shape index (κ2) is 13.7. The van der Waals surface area contributed by atoms with Gasteiger partial charge in [-0.2, -0.15) is 0 Å². The Labute approximate surface area is 277 Å². The number of amides is 1. The van der Waals surface area contributed by atoms with E-state index in [0.717, 1.165) is 11.1 Å². The Balaban J connectivity index is 1.37. The molecular formula is C36H29BrFN3O4S. The van der Waals surface area contributed by atoms with Gasteiger partial charge in [0.15, 0.2) is 4.80 Å². The molecule has 1 amide bonds. The van der Waals surface area contributed by atoms with Crippen molar-refractivity contribution in [3.63, 3.8) is 0 Å². The van der Waals surface area contributed by atoms with Gasteiger partial charge in [0.2, 0.25) is 0 Å². The molecule has 2 heterocycles. The molecule has 10 heteroatoms. The fourth-order valence-electron chi connectivity index (χ4n) is 5.21. The van der Waals surface area contributed by atoms with Gasteiger partial charge in [-0.05, 0) is 89.4 Å². The number of rotatable bonds is 9. The van der Waals surface area contributed by atoms with Gasteiger partial charge < -0.3 is 14.8 Å². The van der Waals surface area contributed by atoms with E-state index in [9.17, 15) is 14.0 Å². The van der Waals surface area contributed by atoms with Crippen LogP contribution >= 0.6 is 27.3 Å². The van der Waals surface area contributed by atoms with Gasteiger partial charge in [-0.1, -0.05) is 65.9 Å². The van der Waals surface area contributed by atoms with E-state index < -0.39 is 6.04 Å². The van der Waals surface area contributed by atoms with Gasteiger partial charge >= 0.3 is 0 Å². The molecule has 0 bridgehead atoms. The van der Waals surface area contributed by atoms with Crippen molar-refractivity contribution in [2.45, 2.75) is 26.5 Å². The summed E-state index contributed by atoms with van der Waals surface area (Å²) in [4.78, 5) is 33.1. The first kappa shape index (κ1) is 31.2. The number of fused-ring (bicyclic) bond motifs is 1. The summed E-state index contributed by atoms with van der Waals surface area (Å²) in [6.45, 7) is 4.30. The molecule has 0 saturated heterocycles. The molecule has 1 aromatic heterocycles. The maximum Gasteiger partial charge on any atom is 0.271 e. The standard InChI is InChI=1S/C36H29BrFN3O4S/c1-3-44-27-16-14-24(15-17-27)33-32(34(42)40-26-10-5-4-6-11-26)22(2)39-36-41(33)35(43)31(46-36)20-23-13-18-30(28(37)19-23)45-21-25-9-7-8-12-29(25)38/h4-20,33H,3,21H2,1-2H3,(H,40,42)/b31-20-/t33-/m1/s1. The number of hydrogen-bond donors (Lipinski definition) is 1. The first-order valence-electron chi connectivity index (χ1n) is 14.6. The van der Waals surface area contributed by atoms with Crippen LogP contribution in [-0.4, -0.2) is 17.1 Å². The third kappa shape index (κ3) is 6.59. The number of anilines is 1. The summed E-state index contributed by atoms with van der Waals surface area (Å²) in [6, 6.07) is 27.8. The highest BCUT2D eigenvalue weighted by molar-refractivity contribution is 9.10. The number of carbonyl (C=O) groups excluding carboxylic acids is 1. The van der Waals surface area contributed by atoms with Crippen molar-refractivity contribution in [1.82, 2.24) is 4.57 Å². The van der Waals surface area contributed by atoms with E-state index >= 15 is 0 Å². The maximum atomic E-state index is 14.1. The van der Waals surface area contributed by atoms with Crippen molar-refractivity contribution < 1.29 is 18.7 Å². The van der Waals surface area contributed by atoms with E-state index in [1.165, 1.54) is 17.4 Å². The van der Waals surface area contributed by atoms with Crippen molar-refractivity contribution in [2.24, 2.45) is 4.99 Å². The third-order valence-electron chi connectivity index (χ3n) is 7.40. The Morgan fingerprint density at radius 1 is 1.02 bits per heavy atom. The zero-order valence-corrected chi connectivity index (χ0v) is 27.4. The van der Waals surface area contributed by atoms with Crippen LogP contribution in [0.3, 0.4) is 0 Å². The normalized spacial score (nSPS) is 14.4. The van der Waals surface area contributed by atoms with Crippen molar-refractivity contribution in [3.8, 4) is 11.5 Å². The van der Waals surface area contributed by atoms with Crippen LogP contribution in [0, 0.1) is 5.82 Å². The van der Waals surface area contributed by atoms with Crippen molar-refractivity contribution in [1.29, 1.82) is 0 Å². The largest absolute Gasteiger partial charge is 0.494 e. The van der Waals surface area contributed by atoms with Crippen molar-refractivity contribution in [3.05, 3.63) is 155 Å². The minimum Gasteiger partial charge on any atom is -0.494 e. The molecule has 0 radical (unpaired) electrons. The van der Waals surface area contributed by atoms with E-state index in [-0.39, 0.29) is 23.9 Å². The third-order valence-corrected chi connectivity index (χ3v) is 9.00. The van der Waals surface area contributed by atoms with Crippen LogP contribution in [0.2, 0.25) is 0 Å². The lowest BCUT2D eigenvalue weighted by Crippen LogP contribution is -2.40. The number of para-hydroxylation sites is 1. The number of nitrogens with one attached hydrogen (secondary N) is 1. The summed E-state index contributed by atoms with van der Waals surface area (Å²) in [5.41, 5.74) is 3.24. The van der Waals surface area contributed by atoms with Crippen LogP contribution in [-0.2, 0) is 11.4 Å². The zero-order valence-electron chi connectivity index (χ0n) is 25.0. The molecule has 1 aliphatic rings. The quantitative estimate of drug-likeness (QED) is 0.185. The van der Waals surface area contributed by atoms with Gasteiger partial charge in [-0.3, -0.25) is 14.2 Å². The zero-order chi connectivity index (χ0) is 32.2. The molecule has 46 heavy (non-hydrogen) atoms. The first-order valence-corrected chi connectivity index (χ1v) is 16.2. The Hall–Kier alpha value is -4.80. The lowest BCUT2D eigenvalue weighted by atomic mass is 9.95. The maximum absolute atomic E-state index is 14.1. The number of aromatic nitrogens is 1. The summed E-state index contributed by atoms with van der Waals surface area (Å²) >= 11 is 4.80. The van der Waals surface area contributed by atoms with Gasteiger partial charge in [0, 0.05) is 11.3 Å². The van der Waals surface area contributed by atoms with Gasteiger partial charge in [-0.25, -0.2) is 9.38 Å². The highest BCUT2D eigenvalue weighted by Gasteiger charge is 2.32. The lowest BCUT2D eigenvalue weighted by Gasteiger charge is -2.25. The predicted octanol–water partition coefficient (Wildman–Crippen LogP) is 6.75. The molecule has 232 valence electrons. The number of halogens is 2. The second-order valence-corrected chi connectivity index (χ2v) is 12.3. The molecule has 0 spiro atoms. The number of allylic oxidation sites excluding steroid dienone is 1. The number of carbonyl (C=O) groups is 1. The van der Waals surface area contributed by atoms with Crippen LogP contribution in [0.1, 0.15) is 36.6 Å². The molecule has 6 rings (SSSR count). The van der Waals surface area contributed by atoms with E-state index in [1.807, 2.05) is 73.7 Å². The van der Waals surface area contributed by atoms with Crippen molar-refractivity contribution in [2.75, 3.05) is 11.9 Å². The minimum absolute atomic E-state index is 0.0777. The highest BCUT2D eigenvalue weighted by atomic mass is 79.9. The minimum atomic E-state index is -0.710. The summed E-state index contributed by atoms with van der Waals surface area (Å²) in [5.74, 6) is 0.573. The molecule has 0 aliphatic carbocycles. The summed E-state index contributed by atoms with van der Waals surface area (Å²) < 4.78 is 28.2. The SMILES string of the molecule is CCOc1ccc([C@@H]2C(C(=O)Nc3ccccc3)=C(C)N=c3s/c(=C\c4ccc(OCc5ccccc5F)c(Br)c4)c(=O)n32)cc1. The van der Waals surface area contributed by atoms with Crippen molar-refractivity contribution >= 4 is 44.9 Å². The number of hydrogen-bond acceptors (Lipinski definition) is 6. The summed E-state index contributed by atoms with van der Waals surface area (Å²) in [6.07, 6.45) is 1.79. The second-order valence-electron chi connectivity index (χ2n) is 10.5. The molecule has 1 atom stereocenters. The summed E-state index contributed by atoms with van der Waals surface area (Å²) in [7, 11) is 0. The molecule has 0 unspecified atom stereocenters. The van der Waals surface area contributed by atoms with E-state index in [1.54, 1.807) is 41.8 Å². The molecule has 0 saturated carbocycles. The average molecular weight is 699 g/mol. The van der Waals surface area contributed by atoms with E-state index in [0.29, 0.717) is 54.4 Å². The van der Waals surface area contributed by atoms with E-state index in [4.69, 9.17) is 14.5 Å². The van der Waals surface area contributed by atoms with Gasteiger partial charge in [0.1, 0.15) is 23.9 Å². The molecule has 1 aliphatic heterocycles. The van der Waals surface area contributed by atoms with E-state index in [2.05, 4.69) is 21.2 Å². The summed E-state index contributed by atoms with van der Waals surface area (Å²) in [5, 5.41) is 2.97. The number of nitrogens with zero attached hydrogens (tertiary/aromatic N) is 2. The number of ether oxygens (including phenoxy) is 2. The Bertz CT molecular complexity index is 2130. The Morgan fingerprint density at radius 3 is 2.48 bits per heavy atom. The van der Waals surface area contributed by atoms with Crippen LogP contribution in [0.25, 0.3) is 6.08 Å². The predicted molar refractivity (Wildman–Crippen MR) is 181 cm³/mol. The fraction of sp³-hybridized carbons (Fsp3) is 0.139. The van der Waals surface area contributed by atoms with Gasteiger partial charge in [0.05, 0.1) is 32.9 Å². The fourth-order valence-corrected chi connectivity index (χ4v) is 6.76. The molecule has 1 N–H and O–H groups in total. The monoisotopic (exact) mass is 697 g/mol. The average Bonchev–Trinajstić information content (AvgIpc) is 3.35. The highest BCUT2D eigenvalue weighted by Crippen LogP contribution is 2.32. The molecular weight excluding hydrogens is 669 g/mol. The van der Waals surface area contributed by atoms with Crippen LogP contribution in [0.5, 0.6) is 11.5 Å².